The summed E-state index contributed by atoms with van der Waals surface area (Å²) in [5, 5.41) is 0. The van der Waals surface area contributed by atoms with Crippen LogP contribution < -0.4 is 9.46 Å². The lowest BCUT2D eigenvalue weighted by molar-refractivity contribution is 0.132. The molecule has 1 N–H and O–H groups in total. The summed E-state index contributed by atoms with van der Waals surface area (Å²) in [6, 6.07) is 3.49. The van der Waals surface area contributed by atoms with E-state index in [0.717, 1.165) is 18.5 Å². The fourth-order valence-electron chi connectivity index (χ4n) is 3.01. The van der Waals surface area contributed by atoms with Gasteiger partial charge in [-0.25, -0.2) is 31.9 Å². The van der Waals surface area contributed by atoms with Crippen LogP contribution in [-0.2, 0) is 10.0 Å². The highest BCUT2D eigenvalue weighted by Crippen LogP contribution is 2.24. The predicted octanol–water partition coefficient (Wildman–Crippen LogP) is 2.73. The number of halogens is 2. The number of nitrogens with zero attached hydrogens (tertiary/aromatic N) is 2. The molecule has 140 valence electrons. The van der Waals surface area contributed by atoms with Gasteiger partial charge in [-0.2, -0.15) is 0 Å². The first kappa shape index (κ1) is 18.7. The Morgan fingerprint density at radius 1 is 1.08 bits per heavy atom. The summed E-state index contributed by atoms with van der Waals surface area (Å²) in [6.07, 6.45) is 4.34. The highest BCUT2D eigenvalue weighted by atomic mass is 32.2. The molecule has 9 heteroatoms. The second-order valence-corrected chi connectivity index (χ2v) is 7.99. The van der Waals surface area contributed by atoms with Gasteiger partial charge >= 0.3 is 6.01 Å². The summed E-state index contributed by atoms with van der Waals surface area (Å²) in [5.74, 6) is -1.01. The Labute approximate surface area is 150 Å². The van der Waals surface area contributed by atoms with Crippen LogP contribution in [0.2, 0.25) is 0 Å². The molecule has 3 rings (SSSR count). The number of rotatable bonds is 5. The molecule has 1 fully saturated rings. The van der Waals surface area contributed by atoms with E-state index in [-0.39, 0.29) is 23.1 Å². The normalized spacial score (nSPS) is 20.7. The molecule has 6 nitrogen and oxygen atoms in total. The zero-order valence-electron chi connectivity index (χ0n) is 14.2. The molecule has 26 heavy (non-hydrogen) atoms. The van der Waals surface area contributed by atoms with Gasteiger partial charge in [-0.1, -0.05) is 0 Å². The van der Waals surface area contributed by atoms with Crippen LogP contribution in [0.4, 0.5) is 8.78 Å². The Morgan fingerprint density at radius 2 is 1.73 bits per heavy atom. The van der Waals surface area contributed by atoms with E-state index in [1.165, 1.54) is 12.1 Å². The van der Waals surface area contributed by atoms with Crippen molar-refractivity contribution in [3.05, 3.63) is 47.8 Å². The second-order valence-electron chi connectivity index (χ2n) is 6.31. The molecule has 1 aliphatic carbocycles. The van der Waals surface area contributed by atoms with Crippen molar-refractivity contribution in [2.24, 2.45) is 0 Å². The standard InChI is InChI=1S/C17H19F2N3O3S/c1-11-8-12(18)2-7-16(11)26(23,24)22-14-3-5-15(6-4-14)25-17-20-9-13(19)10-21-17/h2,7-10,14-15,22H,3-6H2,1H3. The Hall–Kier alpha value is -2.13. The van der Waals surface area contributed by atoms with Crippen molar-refractivity contribution in [1.82, 2.24) is 14.7 Å². The third-order valence-electron chi connectivity index (χ3n) is 4.29. The highest BCUT2D eigenvalue weighted by Gasteiger charge is 2.27. The fraction of sp³-hybridized carbons (Fsp3) is 0.412. The van der Waals surface area contributed by atoms with Crippen LogP contribution in [0.5, 0.6) is 6.01 Å². The quantitative estimate of drug-likeness (QED) is 0.859. The SMILES string of the molecule is Cc1cc(F)ccc1S(=O)(=O)NC1CCC(Oc2ncc(F)cn2)CC1. The number of sulfonamides is 1. The average Bonchev–Trinajstić information content (AvgIpc) is 2.58. The molecule has 1 aromatic carbocycles. The van der Waals surface area contributed by atoms with E-state index in [4.69, 9.17) is 4.74 Å². The van der Waals surface area contributed by atoms with Crippen LogP contribution in [0.15, 0.2) is 35.5 Å². The summed E-state index contributed by atoms with van der Waals surface area (Å²) in [5.41, 5.74) is 0.364. The Morgan fingerprint density at radius 3 is 2.35 bits per heavy atom. The molecular formula is C17H19F2N3O3S. The summed E-state index contributed by atoms with van der Waals surface area (Å²) in [6.45, 7) is 1.56. The monoisotopic (exact) mass is 383 g/mol. The summed E-state index contributed by atoms with van der Waals surface area (Å²) in [7, 11) is -3.71. The lowest BCUT2D eigenvalue weighted by Gasteiger charge is -2.28. The number of benzene rings is 1. The molecule has 1 saturated carbocycles. The first-order valence-electron chi connectivity index (χ1n) is 8.26. The van der Waals surface area contributed by atoms with E-state index >= 15 is 0 Å². The second kappa shape index (κ2) is 7.63. The number of hydrogen-bond donors (Lipinski definition) is 1. The number of aryl methyl sites for hydroxylation is 1. The first-order valence-corrected chi connectivity index (χ1v) is 9.74. The van der Waals surface area contributed by atoms with Crippen molar-refractivity contribution in [2.75, 3.05) is 0 Å². The summed E-state index contributed by atoms with van der Waals surface area (Å²) >= 11 is 0. The highest BCUT2D eigenvalue weighted by molar-refractivity contribution is 7.89. The van der Waals surface area contributed by atoms with E-state index in [9.17, 15) is 17.2 Å². The van der Waals surface area contributed by atoms with Gasteiger partial charge in [0, 0.05) is 6.04 Å². The molecule has 1 aliphatic rings. The van der Waals surface area contributed by atoms with Crippen LogP contribution in [0.3, 0.4) is 0 Å². The van der Waals surface area contributed by atoms with Gasteiger partial charge in [-0.05, 0) is 56.4 Å². The van der Waals surface area contributed by atoms with E-state index < -0.39 is 21.7 Å². The van der Waals surface area contributed by atoms with Gasteiger partial charge in [0.2, 0.25) is 10.0 Å². The number of nitrogens with one attached hydrogen (secondary N) is 1. The molecule has 2 aromatic rings. The van der Waals surface area contributed by atoms with Crippen molar-refractivity contribution in [2.45, 2.75) is 49.6 Å². The number of ether oxygens (including phenoxy) is 1. The minimum absolute atomic E-state index is 0.0805. The third kappa shape index (κ3) is 4.53. The van der Waals surface area contributed by atoms with Crippen molar-refractivity contribution < 1.29 is 21.9 Å². The third-order valence-corrected chi connectivity index (χ3v) is 5.97. The van der Waals surface area contributed by atoms with Crippen LogP contribution in [0.25, 0.3) is 0 Å². The minimum atomic E-state index is -3.71. The molecule has 0 amide bonds. The van der Waals surface area contributed by atoms with Gasteiger partial charge in [0.15, 0.2) is 5.82 Å². The summed E-state index contributed by atoms with van der Waals surface area (Å²) in [4.78, 5) is 7.59. The smallest absolute Gasteiger partial charge is 0.316 e. The first-order chi connectivity index (χ1) is 12.3. The van der Waals surface area contributed by atoms with Gasteiger partial charge in [-0.3, -0.25) is 0 Å². The van der Waals surface area contributed by atoms with Crippen molar-refractivity contribution in [3.63, 3.8) is 0 Å². The van der Waals surface area contributed by atoms with Crippen molar-refractivity contribution >= 4 is 10.0 Å². The Balaban J connectivity index is 1.57. The Bertz CT molecular complexity index is 867. The molecule has 0 aliphatic heterocycles. The number of aromatic nitrogens is 2. The topological polar surface area (TPSA) is 81.2 Å². The van der Waals surface area contributed by atoms with Gasteiger partial charge in [0.1, 0.15) is 11.9 Å². The van der Waals surface area contributed by atoms with E-state index in [1.807, 2.05) is 0 Å². The van der Waals surface area contributed by atoms with Crippen LogP contribution in [0, 0.1) is 18.6 Å². The zero-order valence-corrected chi connectivity index (χ0v) is 15.0. The molecule has 0 unspecified atom stereocenters. The average molecular weight is 383 g/mol. The molecule has 1 aromatic heterocycles. The lowest BCUT2D eigenvalue weighted by atomic mass is 9.94. The van der Waals surface area contributed by atoms with E-state index in [0.29, 0.717) is 31.2 Å². The maximum absolute atomic E-state index is 13.2. The van der Waals surface area contributed by atoms with E-state index in [2.05, 4.69) is 14.7 Å². The van der Waals surface area contributed by atoms with Gasteiger partial charge in [-0.15, -0.1) is 0 Å². The Kier molecular flexibility index (Phi) is 5.47. The molecule has 0 bridgehead atoms. The number of hydrogen-bond acceptors (Lipinski definition) is 5. The van der Waals surface area contributed by atoms with Crippen LogP contribution in [-0.4, -0.2) is 30.5 Å². The van der Waals surface area contributed by atoms with Gasteiger partial charge in [0.05, 0.1) is 17.3 Å². The molecule has 1 heterocycles. The lowest BCUT2D eigenvalue weighted by Crippen LogP contribution is -2.40. The van der Waals surface area contributed by atoms with E-state index in [1.54, 1.807) is 6.92 Å². The molecule has 0 spiro atoms. The van der Waals surface area contributed by atoms with Gasteiger partial charge in [0.25, 0.3) is 0 Å². The van der Waals surface area contributed by atoms with Gasteiger partial charge < -0.3 is 4.74 Å². The largest absolute Gasteiger partial charge is 0.460 e. The molecule has 0 atom stereocenters. The minimum Gasteiger partial charge on any atom is -0.460 e. The maximum Gasteiger partial charge on any atom is 0.316 e. The maximum atomic E-state index is 13.2. The molecular weight excluding hydrogens is 364 g/mol. The van der Waals surface area contributed by atoms with Crippen LogP contribution in [0.1, 0.15) is 31.2 Å². The zero-order chi connectivity index (χ0) is 18.7. The van der Waals surface area contributed by atoms with Crippen molar-refractivity contribution in [1.29, 1.82) is 0 Å². The fourth-order valence-corrected chi connectivity index (χ4v) is 4.54. The summed E-state index contributed by atoms with van der Waals surface area (Å²) < 4.78 is 59.3. The van der Waals surface area contributed by atoms with Crippen LogP contribution >= 0.6 is 0 Å². The molecule has 0 radical (unpaired) electrons. The van der Waals surface area contributed by atoms with Crippen molar-refractivity contribution in [3.8, 4) is 6.01 Å². The molecule has 0 saturated heterocycles. The predicted molar refractivity (Wildman–Crippen MR) is 90.1 cm³/mol.